The van der Waals surface area contributed by atoms with E-state index in [1.165, 1.54) is 5.56 Å². The van der Waals surface area contributed by atoms with Gasteiger partial charge >= 0.3 is 6.09 Å². The van der Waals surface area contributed by atoms with Crippen molar-refractivity contribution in [3.63, 3.8) is 0 Å². The standard InChI is InChI=1S/C20H27N5O4/c1-4-28-20(27)21-13-17(26)25-11-9-24(10-12-25)15(3)19-22-18(23-29-19)16-7-5-14(2)6-8-16/h5-8,15H,4,9-13H2,1-3H3,(H,21,27). The molecule has 2 heterocycles. The summed E-state index contributed by atoms with van der Waals surface area (Å²) in [6.07, 6.45) is -0.575. The van der Waals surface area contributed by atoms with Crippen molar-refractivity contribution in [1.29, 1.82) is 0 Å². The molecule has 1 N–H and O–H groups in total. The molecule has 0 saturated carbocycles. The maximum Gasteiger partial charge on any atom is 0.407 e. The molecule has 2 amide bonds. The lowest BCUT2D eigenvalue weighted by Crippen LogP contribution is -2.51. The third-order valence-electron chi connectivity index (χ3n) is 4.98. The van der Waals surface area contributed by atoms with Crippen LogP contribution in [0.4, 0.5) is 4.79 Å². The van der Waals surface area contributed by atoms with Gasteiger partial charge in [0.25, 0.3) is 0 Å². The first-order valence-corrected chi connectivity index (χ1v) is 9.81. The Bertz CT molecular complexity index is 828. The summed E-state index contributed by atoms with van der Waals surface area (Å²) in [6, 6.07) is 7.94. The third kappa shape index (κ3) is 5.32. The number of carbonyl (C=O) groups excluding carboxylic acids is 2. The number of piperazine rings is 1. The van der Waals surface area contributed by atoms with E-state index >= 15 is 0 Å². The number of carbonyl (C=O) groups is 2. The number of hydrogen-bond acceptors (Lipinski definition) is 7. The molecular formula is C20H27N5O4. The number of nitrogens with one attached hydrogen (secondary N) is 1. The van der Waals surface area contributed by atoms with E-state index in [9.17, 15) is 9.59 Å². The maximum atomic E-state index is 12.2. The van der Waals surface area contributed by atoms with E-state index < -0.39 is 6.09 Å². The molecule has 0 aliphatic carbocycles. The molecule has 9 nitrogen and oxygen atoms in total. The fourth-order valence-corrected chi connectivity index (χ4v) is 3.18. The van der Waals surface area contributed by atoms with Gasteiger partial charge in [0.2, 0.25) is 17.6 Å². The van der Waals surface area contributed by atoms with E-state index in [1.54, 1.807) is 11.8 Å². The lowest BCUT2D eigenvalue weighted by Gasteiger charge is -2.36. The summed E-state index contributed by atoms with van der Waals surface area (Å²) in [4.78, 5) is 32.0. The zero-order valence-corrected chi connectivity index (χ0v) is 17.1. The van der Waals surface area contributed by atoms with Crippen LogP contribution in [0.2, 0.25) is 0 Å². The van der Waals surface area contributed by atoms with Crippen LogP contribution in [0.1, 0.15) is 31.3 Å². The Balaban J connectivity index is 1.51. The van der Waals surface area contributed by atoms with Gasteiger partial charge in [0.15, 0.2) is 0 Å². The van der Waals surface area contributed by atoms with Crippen LogP contribution >= 0.6 is 0 Å². The SMILES string of the molecule is CCOC(=O)NCC(=O)N1CCN(C(C)c2nc(-c3ccc(C)cc3)no2)CC1. The third-order valence-corrected chi connectivity index (χ3v) is 4.98. The predicted molar refractivity (Wildman–Crippen MR) is 106 cm³/mol. The molecule has 1 saturated heterocycles. The van der Waals surface area contributed by atoms with Crippen molar-refractivity contribution in [1.82, 2.24) is 25.3 Å². The molecule has 1 aliphatic heterocycles. The topological polar surface area (TPSA) is 101 Å². The van der Waals surface area contributed by atoms with Crippen LogP contribution in [-0.4, -0.2) is 71.3 Å². The van der Waals surface area contributed by atoms with Gasteiger partial charge in [0.05, 0.1) is 12.6 Å². The van der Waals surface area contributed by atoms with Crippen molar-refractivity contribution in [2.75, 3.05) is 39.3 Å². The van der Waals surface area contributed by atoms with Crippen molar-refractivity contribution in [2.45, 2.75) is 26.8 Å². The molecule has 2 aromatic rings. The highest BCUT2D eigenvalue weighted by Crippen LogP contribution is 2.23. The second kappa shape index (κ2) is 9.51. The van der Waals surface area contributed by atoms with E-state index in [1.807, 2.05) is 38.1 Å². The van der Waals surface area contributed by atoms with Crippen LogP contribution in [0.3, 0.4) is 0 Å². The second-order valence-electron chi connectivity index (χ2n) is 6.99. The zero-order valence-electron chi connectivity index (χ0n) is 17.1. The Morgan fingerprint density at radius 3 is 2.55 bits per heavy atom. The molecule has 0 radical (unpaired) electrons. The van der Waals surface area contributed by atoms with Crippen LogP contribution in [0.25, 0.3) is 11.4 Å². The monoisotopic (exact) mass is 401 g/mol. The van der Waals surface area contributed by atoms with Crippen LogP contribution in [0, 0.1) is 6.92 Å². The van der Waals surface area contributed by atoms with Gasteiger partial charge in [-0.25, -0.2) is 4.79 Å². The number of hydrogen-bond donors (Lipinski definition) is 1. The van der Waals surface area contributed by atoms with Gasteiger partial charge in [-0.3, -0.25) is 9.69 Å². The first-order chi connectivity index (χ1) is 14.0. The van der Waals surface area contributed by atoms with Crippen LogP contribution in [0.15, 0.2) is 28.8 Å². The van der Waals surface area contributed by atoms with E-state index in [-0.39, 0.29) is 25.1 Å². The van der Waals surface area contributed by atoms with Gasteiger partial charge in [-0.2, -0.15) is 4.98 Å². The first kappa shape index (κ1) is 20.8. The molecule has 1 aliphatic rings. The van der Waals surface area contributed by atoms with Crippen LogP contribution < -0.4 is 5.32 Å². The molecule has 156 valence electrons. The zero-order chi connectivity index (χ0) is 20.8. The highest BCUT2D eigenvalue weighted by Gasteiger charge is 2.27. The average Bonchev–Trinajstić information content (AvgIpc) is 3.22. The number of rotatable bonds is 6. The summed E-state index contributed by atoms with van der Waals surface area (Å²) in [7, 11) is 0. The highest BCUT2D eigenvalue weighted by molar-refractivity contribution is 5.82. The summed E-state index contributed by atoms with van der Waals surface area (Å²) in [6.45, 7) is 8.52. The molecule has 0 spiro atoms. The fourth-order valence-electron chi connectivity index (χ4n) is 3.18. The molecule has 3 rings (SSSR count). The Morgan fingerprint density at radius 2 is 1.90 bits per heavy atom. The maximum absolute atomic E-state index is 12.2. The molecular weight excluding hydrogens is 374 g/mol. The number of nitrogens with zero attached hydrogens (tertiary/aromatic N) is 4. The quantitative estimate of drug-likeness (QED) is 0.790. The van der Waals surface area contributed by atoms with Crippen molar-refractivity contribution >= 4 is 12.0 Å². The Hall–Kier alpha value is -2.94. The van der Waals surface area contributed by atoms with Gasteiger partial charge in [-0.15, -0.1) is 0 Å². The van der Waals surface area contributed by atoms with Crippen molar-refractivity contribution in [3.05, 3.63) is 35.7 Å². The summed E-state index contributed by atoms with van der Waals surface area (Å²) in [5.74, 6) is 1.01. The summed E-state index contributed by atoms with van der Waals surface area (Å²) >= 11 is 0. The number of aryl methyl sites for hydroxylation is 1. The van der Waals surface area contributed by atoms with Crippen molar-refractivity contribution in [2.24, 2.45) is 0 Å². The fraction of sp³-hybridized carbons (Fsp3) is 0.500. The van der Waals surface area contributed by atoms with Crippen molar-refractivity contribution in [3.8, 4) is 11.4 Å². The van der Waals surface area contributed by atoms with Crippen molar-refractivity contribution < 1.29 is 18.8 Å². The number of amides is 2. The molecule has 29 heavy (non-hydrogen) atoms. The van der Waals surface area contributed by atoms with E-state index in [0.717, 1.165) is 5.56 Å². The largest absolute Gasteiger partial charge is 0.450 e. The summed E-state index contributed by atoms with van der Waals surface area (Å²) in [5.41, 5.74) is 2.10. The Kier molecular flexibility index (Phi) is 6.82. The smallest absolute Gasteiger partial charge is 0.407 e. The molecule has 1 aromatic carbocycles. The minimum Gasteiger partial charge on any atom is -0.450 e. The molecule has 1 fully saturated rings. The van der Waals surface area contributed by atoms with Gasteiger partial charge in [0.1, 0.15) is 6.54 Å². The van der Waals surface area contributed by atoms with Gasteiger partial charge < -0.3 is 19.5 Å². The lowest BCUT2D eigenvalue weighted by molar-refractivity contribution is -0.132. The second-order valence-corrected chi connectivity index (χ2v) is 6.99. The first-order valence-electron chi connectivity index (χ1n) is 9.81. The Morgan fingerprint density at radius 1 is 1.21 bits per heavy atom. The van der Waals surface area contributed by atoms with Crippen LogP contribution in [0.5, 0.6) is 0 Å². The van der Waals surface area contributed by atoms with Gasteiger partial charge in [0, 0.05) is 31.7 Å². The van der Waals surface area contributed by atoms with E-state index in [2.05, 4.69) is 20.4 Å². The number of benzene rings is 1. The van der Waals surface area contributed by atoms with Gasteiger partial charge in [-0.1, -0.05) is 35.0 Å². The lowest BCUT2D eigenvalue weighted by atomic mass is 10.1. The van der Waals surface area contributed by atoms with Crippen LogP contribution in [-0.2, 0) is 9.53 Å². The molecule has 1 unspecified atom stereocenters. The van der Waals surface area contributed by atoms with Gasteiger partial charge in [-0.05, 0) is 20.8 Å². The van der Waals surface area contributed by atoms with E-state index in [0.29, 0.717) is 37.9 Å². The summed E-state index contributed by atoms with van der Waals surface area (Å²) < 4.78 is 10.2. The number of alkyl carbamates (subject to hydrolysis) is 1. The number of aromatic nitrogens is 2. The minimum absolute atomic E-state index is 0.0448. The average molecular weight is 401 g/mol. The normalized spacial score (nSPS) is 15.8. The molecule has 1 aromatic heterocycles. The minimum atomic E-state index is -0.575. The number of ether oxygens (including phenoxy) is 1. The van der Waals surface area contributed by atoms with E-state index in [4.69, 9.17) is 9.26 Å². The summed E-state index contributed by atoms with van der Waals surface area (Å²) in [5, 5.41) is 6.56. The molecule has 1 atom stereocenters. The predicted octanol–water partition coefficient (Wildman–Crippen LogP) is 2.00. The Labute approximate surface area is 170 Å². The molecule has 9 heteroatoms. The molecule has 0 bridgehead atoms. The highest BCUT2D eigenvalue weighted by atomic mass is 16.5.